The zero-order valence-electron chi connectivity index (χ0n) is 14.9. The van der Waals surface area contributed by atoms with E-state index in [1.54, 1.807) is 17.0 Å². The smallest absolute Gasteiger partial charge is 0.269 e. The van der Waals surface area contributed by atoms with Gasteiger partial charge in [-0.25, -0.2) is 0 Å². The molecule has 0 bridgehead atoms. The van der Waals surface area contributed by atoms with Crippen LogP contribution in [0.4, 0.5) is 11.4 Å². The summed E-state index contributed by atoms with van der Waals surface area (Å²) in [6.45, 7) is 7.72. The Labute approximate surface area is 147 Å². The first-order valence-corrected chi connectivity index (χ1v) is 8.32. The minimum Gasteiger partial charge on any atom is -0.307 e. The second kappa shape index (κ2) is 5.69. The van der Waals surface area contributed by atoms with Gasteiger partial charge in [0.15, 0.2) is 0 Å². The quantitative estimate of drug-likeness (QED) is 0.601. The lowest BCUT2D eigenvalue weighted by Crippen LogP contribution is -2.55. The zero-order chi connectivity index (χ0) is 18.4. The molecule has 0 unspecified atom stereocenters. The fraction of sp³-hybridized carbons (Fsp3) is 0.350. The number of hydrogen-bond donors (Lipinski definition) is 0. The zero-order valence-corrected chi connectivity index (χ0v) is 14.9. The third-order valence-corrected chi connectivity index (χ3v) is 5.14. The van der Waals surface area contributed by atoms with Gasteiger partial charge in [0.1, 0.15) is 0 Å². The molecule has 0 spiro atoms. The summed E-state index contributed by atoms with van der Waals surface area (Å²) in [5.41, 5.74) is 1.89. The van der Waals surface area contributed by atoms with Gasteiger partial charge in [-0.05, 0) is 37.5 Å². The minimum atomic E-state index is -0.419. The lowest BCUT2D eigenvalue weighted by Gasteiger charge is -2.51. The van der Waals surface area contributed by atoms with E-state index in [2.05, 4.69) is 6.92 Å². The minimum absolute atomic E-state index is 0.0455. The van der Waals surface area contributed by atoms with Crippen LogP contribution in [0.15, 0.2) is 48.5 Å². The van der Waals surface area contributed by atoms with Gasteiger partial charge in [-0.2, -0.15) is 0 Å². The van der Waals surface area contributed by atoms with E-state index in [1.165, 1.54) is 13.0 Å². The maximum absolute atomic E-state index is 12.3. The predicted octanol–water partition coefficient (Wildman–Crippen LogP) is 4.44. The van der Waals surface area contributed by atoms with Gasteiger partial charge < -0.3 is 4.90 Å². The molecule has 1 aliphatic rings. The SMILES string of the molecule is CC(=O)N1c2ccc([N+](=O)[O-])cc2[C@@](C)(c2ccccc2)CC1(C)C. The Morgan fingerprint density at radius 1 is 1.12 bits per heavy atom. The highest BCUT2D eigenvalue weighted by Gasteiger charge is 2.47. The topological polar surface area (TPSA) is 63.5 Å². The summed E-state index contributed by atoms with van der Waals surface area (Å²) in [4.78, 5) is 25.0. The van der Waals surface area contributed by atoms with Crippen LogP contribution in [-0.4, -0.2) is 16.4 Å². The van der Waals surface area contributed by atoms with E-state index >= 15 is 0 Å². The molecule has 0 saturated carbocycles. The van der Waals surface area contributed by atoms with Gasteiger partial charge in [0.25, 0.3) is 5.69 Å². The largest absolute Gasteiger partial charge is 0.307 e. The van der Waals surface area contributed by atoms with Crippen LogP contribution in [0.3, 0.4) is 0 Å². The molecule has 25 heavy (non-hydrogen) atoms. The molecule has 3 rings (SSSR count). The van der Waals surface area contributed by atoms with Gasteiger partial charge in [0.2, 0.25) is 5.91 Å². The van der Waals surface area contributed by atoms with E-state index in [0.717, 1.165) is 16.8 Å². The van der Waals surface area contributed by atoms with Gasteiger partial charge >= 0.3 is 0 Å². The molecule has 1 aliphatic heterocycles. The summed E-state index contributed by atoms with van der Waals surface area (Å²) in [6, 6.07) is 14.8. The van der Waals surface area contributed by atoms with Crippen molar-refractivity contribution in [2.24, 2.45) is 0 Å². The van der Waals surface area contributed by atoms with Crippen LogP contribution in [0, 0.1) is 10.1 Å². The van der Waals surface area contributed by atoms with Crippen LogP contribution in [0.5, 0.6) is 0 Å². The molecule has 2 aromatic rings. The highest BCUT2D eigenvalue weighted by molar-refractivity contribution is 5.95. The summed E-state index contributed by atoms with van der Waals surface area (Å²) >= 11 is 0. The number of carbonyl (C=O) groups is 1. The van der Waals surface area contributed by atoms with Crippen molar-refractivity contribution in [2.45, 2.75) is 45.1 Å². The Hall–Kier alpha value is -2.69. The van der Waals surface area contributed by atoms with E-state index < -0.39 is 11.0 Å². The standard InChI is InChI=1S/C20H22N2O3/c1-14(23)21-18-11-10-16(22(24)25)12-17(18)20(4,13-19(21,2)3)15-8-6-5-7-9-15/h5-12H,13H2,1-4H3/t20-/m1/s1. The van der Waals surface area contributed by atoms with Crippen molar-refractivity contribution in [3.63, 3.8) is 0 Å². The molecule has 0 aliphatic carbocycles. The maximum atomic E-state index is 12.3. The average Bonchev–Trinajstić information content (AvgIpc) is 2.54. The number of non-ortho nitro benzene ring substituents is 1. The number of benzene rings is 2. The summed E-state index contributed by atoms with van der Waals surface area (Å²) in [5.74, 6) is -0.0600. The van der Waals surface area contributed by atoms with Crippen LogP contribution in [0.2, 0.25) is 0 Å². The number of amides is 1. The van der Waals surface area contributed by atoms with Gasteiger partial charge in [-0.1, -0.05) is 37.3 Å². The average molecular weight is 338 g/mol. The Kier molecular flexibility index (Phi) is 3.90. The summed E-state index contributed by atoms with van der Waals surface area (Å²) < 4.78 is 0. The second-order valence-corrected chi connectivity index (χ2v) is 7.50. The van der Waals surface area contributed by atoms with E-state index in [9.17, 15) is 14.9 Å². The first-order valence-electron chi connectivity index (χ1n) is 8.32. The number of anilines is 1. The molecule has 0 aromatic heterocycles. The molecule has 1 heterocycles. The third-order valence-electron chi connectivity index (χ3n) is 5.14. The molecule has 0 fully saturated rings. The van der Waals surface area contributed by atoms with Crippen molar-refractivity contribution >= 4 is 17.3 Å². The van der Waals surface area contributed by atoms with Crippen LogP contribution in [-0.2, 0) is 10.2 Å². The van der Waals surface area contributed by atoms with Gasteiger partial charge in [0, 0.05) is 35.7 Å². The molecular formula is C20H22N2O3. The van der Waals surface area contributed by atoms with Crippen molar-refractivity contribution in [1.82, 2.24) is 0 Å². The Balaban J connectivity index is 2.32. The summed E-state index contributed by atoms with van der Waals surface area (Å²) in [6.07, 6.45) is 0.678. The maximum Gasteiger partial charge on any atom is 0.269 e. The van der Waals surface area contributed by atoms with Crippen LogP contribution < -0.4 is 4.90 Å². The number of nitrogens with zero attached hydrogens (tertiary/aromatic N) is 2. The number of fused-ring (bicyclic) bond motifs is 1. The highest BCUT2D eigenvalue weighted by atomic mass is 16.6. The highest BCUT2D eigenvalue weighted by Crippen LogP contribution is 2.51. The molecule has 0 N–H and O–H groups in total. The first kappa shape index (κ1) is 17.1. The molecule has 2 aromatic carbocycles. The molecule has 5 heteroatoms. The van der Waals surface area contributed by atoms with Crippen molar-refractivity contribution in [3.05, 3.63) is 69.8 Å². The van der Waals surface area contributed by atoms with Crippen LogP contribution in [0.25, 0.3) is 0 Å². The van der Waals surface area contributed by atoms with E-state index in [4.69, 9.17) is 0 Å². The number of nitro benzene ring substituents is 1. The molecule has 0 saturated heterocycles. The number of nitro groups is 1. The van der Waals surface area contributed by atoms with Gasteiger partial charge in [0.05, 0.1) is 4.92 Å². The van der Waals surface area contributed by atoms with Crippen LogP contribution in [0.1, 0.15) is 45.2 Å². The number of rotatable bonds is 2. The fourth-order valence-corrected chi connectivity index (χ4v) is 4.30. The fourth-order valence-electron chi connectivity index (χ4n) is 4.30. The molecule has 0 radical (unpaired) electrons. The van der Waals surface area contributed by atoms with Gasteiger partial charge in [-0.15, -0.1) is 0 Å². The lowest BCUT2D eigenvalue weighted by molar-refractivity contribution is -0.385. The van der Waals surface area contributed by atoms with Crippen LogP contribution >= 0.6 is 0 Å². The Bertz CT molecular complexity index is 845. The van der Waals surface area contributed by atoms with E-state index in [1.807, 2.05) is 44.2 Å². The van der Waals surface area contributed by atoms with Gasteiger partial charge in [-0.3, -0.25) is 14.9 Å². The Morgan fingerprint density at radius 3 is 2.32 bits per heavy atom. The third kappa shape index (κ3) is 2.69. The Morgan fingerprint density at radius 2 is 1.76 bits per heavy atom. The normalized spacial score (nSPS) is 21.5. The molecule has 1 amide bonds. The lowest BCUT2D eigenvalue weighted by atomic mass is 9.65. The van der Waals surface area contributed by atoms with Crippen molar-refractivity contribution in [1.29, 1.82) is 0 Å². The summed E-state index contributed by atoms with van der Waals surface area (Å²) in [5, 5.41) is 11.3. The van der Waals surface area contributed by atoms with Crippen molar-refractivity contribution in [3.8, 4) is 0 Å². The molecule has 1 atom stereocenters. The molecule has 5 nitrogen and oxygen atoms in total. The molecular weight excluding hydrogens is 316 g/mol. The number of hydrogen-bond acceptors (Lipinski definition) is 3. The molecule has 130 valence electrons. The van der Waals surface area contributed by atoms with E-state index in [-0.39, 0.29) is 16.5 Å². The summed E-state index contributed by atoms with van der Waals surface area (Å²) in [7, 11) is 0. The van der Waals surface area contributed by atoms with E-state index in [0.29, 0.717) is 6.42 Å². The number of carbonyl (C=O) groups excluding carboxylic acids is 1. The monoisotopic (exact) mass is 338 g/mol. The predicted molar refractivity (Wildman–Crippen MR) is 97.8 cm³/mol. The first-order chi connectivity index (χ1) is 11.7. The van der Waals surface area contributed by atoms with Crippen molar-refractivity contribution < 1.29 is 9.72 Å². The van der Waals surface area contributed by atoms with Crippen molar-refractivity contribution in [2.75, 3.05) is 4.90 Å². The second-order valence-electron chi connectivity index (χ2n) is 7.50.